The van der Waals surface area contributed by atoms with Gasteiger partial charge in [-0.2, -0.15) is 0 Å². The van der Waals surface area contributed by atoms with Crippen LogP contribution in [0.3, 0.4) is 0 Å². The molecule has 1 nitrogen and oxygen atoms in total. The summed E-state index contributed by atoms with van der Waals surface area (Å²) in [5, 5.41) is 0. The molecule has 0 spiro atoms. The molecule has 0 N–H and O–H groups in total. The lowest BCUT2D eigenvalue weighted by atomic mass is 9.94. The first-order valence-electron chi connectivity index (χ1n) is 5.82. The fraction of sp³-hybridized carbons (Fsp3) is 0.917. The number of rotatable bonds is 1. The molecular formula is C12H19N. The molecule has 0 aromatic carbocycles. The van der Waals surface area contributed by atoms with Crippen LogP contribution in [0.2, 0.25) is 0 Å². The van der Waals surface area contributed by atoms with Crippen LogP contribution < -0.4 is 0 Å². The Kier molecular flexibility index (Phi) is 1.90. The Balaban J connectivity index is 1.66. The van der Waals surface area contributed by atoms with E-state index in [9.17, 15) is 0 Å². The second-order valence-corrected chi connectivity index (χ2v) is 5.29. The van der Waals surface area contributed by atoms with E-state index in [0.29, 0.717) is 5.92 Å². The average Bonchev–Trinajstić information content (AvgIpc) is 2.77. The van der Waals surface area contributed by atoms with Crippen molar-refractivity contribution in [3.8, 4) is 0 Å². The highest BCUT2D eigenvalue weighted by atomic mass is 15.2. The Morgan fingerprint density at radius 2 is 2.00 bits per heavy atom. The summed E-state index contributed by atoms with van der Waals surface area (Å²) in [6, 6.07) is 0.923. The Hall–Kier alpha value is -0.0400. The largest absolute Gasteiger partial charge is 0.300 e. The number of likely N-dealkylation sites (tertiary alicyclic amines) is 1. The van der Waals surface area contributed by atoms with Crippen LogP contribution in [0.1, 0.15) is 32.1 Å². The van der Waals surface area contributed by atoms with Gasteiger partial charge in [-0.3, -0.25) is 4.90 Å². The highest BCUT2D eigenvalue weighted by Crippen LogP contribution is 2.47. The number of hydrogen-bond donors (Lipinski definition) is 0. The summed E-state index contributed by atoms with van der Waals surface area (Å²) in [7, 11) is 0. The smallest absolute Gasteiger partial charge is 0.0126 e. The van der Waals surface area contributed by atoms with Crippen LogP contribution in [0, 0.1) is 24.7 Å². The van der Waals surface area contributed by atoms with E-state index < -0.39 is 0 Å². The summed E-state index contributed by atoms with van der Waals surface area (Å²) >= 11 is 0. The Morgan fingerprint density at radius 1 is 1.08 bits per heavy atom. The number of hydrogen-bond acceptors (Lipinski definition) is 1. The molecule has 2 radical (unpaired) electrons. The summed E-state index contributed by atoms with van der Waals surface area (Å²) in [5.41, 5.74) is 0. The molecule has 0 amide bonds. The minimum absolute atomic E-state index is 0.471. The molecule has 1 saturated heterocycles. The highest BCUT2D eigenvalue weighted by molar-refractivity contribution is 4.97. The minimum Gasteiger partial charge on any atom is -0.300 e. The Labute approximate surface area is 81.5 Å². The molecule has 0 aromatic rings. The molecule has 1 heterocycles. The minimum atomic E-state index is 0.471. The van der Waals surface area contributed by atoms with Crippen LogP contribution in [0.25, 0.3) is 0 Å². The van der Waals surface area contributed by atoms with Gasteiger partial charge in [-0.05, 0) is 56.9 Å². The summed E-state index contributed by atoms with van der Waals surface area (Å²) in [4.78, 5) is 2.68. The van der Waals surface area contributed by atoms with Gasteiger partial charge in [0, 0.05) is 12.6 Å². The van der Waals surface area contributed by atoms with Gasteiger partial charge in [0.15, 0.2) is 0 Å². The molecule has 3 rings (SSSR count). The van der Waals surface area contributed by atoms with Crippen molar-refractivity contribution in [1.82, 2.24) is 4.90 Å². The maximum Gasteiger partial charge on any atom is 0.0126 e. The maximum atomic E-state index is 5.95. The van der Waals surface area contributed by atoms with E-state index in [-0.39, 0.29) is 0 Å². The predicted octanol–water partition coefficient (Wildman–Crippen LogP) is 2.21. The summed E-state index contributed by atoms with van der Waals surface area (Å²) in [5.74, 6) is 2.58. The monoisotopic (exact) mass is 177 g/mol. The van der Waals surface area contributed by atoms with Gasteiger partial charge in [-0.25, -0.2) is 0 Å². The van der Waals surface area contributed by atoms with Crippen LogP contribution in [0.4, 0.5) is 0 Å². The normalized spacial score (nSPS) is 50.5. The van der Waals surface area contributed by atoms with Crippen LogP contribution in [0.15, 0.2) is 0 Å². The molecular weight excluding hydrogens is 158 g/mol. The van der Waals surface area contributed by atoms with Crippen LogP contribution in [0.5, 0.6) is 0 Å². The van der Waals surface area contributed by atoms with Gasteiger partial charge in [-0.1, -0.05) is 6.42 Å². The van der Waals surface area contributed by atoms with Crippen molar-refractivity contribution < 1.29 is 0 Å². The molecule has 2 saturated carbocycles. The molecule has 72 valence electrons. The van der Waals surface area contributed by atoms with Crippen molar-refractivity contribution in [3.63, 3.8) is 0 Å². The fourth-order valence-corrected chi connectivity index (χ4v) is 3.78. The zero-order chi connectivity index (χ0) is 8.84. The first kappa shape index (κ1) is 8.28. The second-order valence-electron chi connectivity index (χ2n) is 5.29. The van der Waals surface area contributed by atoms with Gasteiger partial charge in [0.2, 0.25) is 0 Å². The molecule has 1 aliphatic heterocycles. The van der Waals surface area contributed by atoms with E-state index in [1.807, 2.05) is 0 Å². The van der Waals surface area contributed by atoms with E-state index in [4.69, 9.17) is 6.92 Å². The van der Waals surface area contributed by atoms with Crippen molar-refractivity contribution in [2.24, 2.45) is 17.8 Å². The summed E-state index contributed by atoms with van der Waals surface area (Å²) in [6.45, 7) is 8.40. The molecule has 4 unspecified atom stereocenters. The van der Waals surface area contributed by atoms with Crippen molar-refractivity contribution in [3.05, 3.63) is 6.92 Å². The zero-order valence-electron chi connectivity index (χ0n) is 8.28. The van der Waals surface area contributed by atoms with Crippen molar-refractivity contribution in [2.75, 3.05) is 13.1 Å². The van der Waals surface area contributed by atoms with Gasteiger partial charge in [0.1, 0.15) is 0 Å². The Bertz CT molecular complexity index is 201. The third-order valence-corrected chi connectivity index (χ3v) is 4.43. The van der Waals surface area contributed by atoms with Gasteiger partial charge in [0.05, 0.1) is 0 Å². The third kappa shape index (κ3) is 1.32. The molecule has 2 aliphatic carbocycles. The number of nitrogens with zero attached hydrogens (tertiary/aromatic N) is 1. The average molecular weight is 177 g/mol. The van der Waals surface area contributed by atoms with Crippen molar-refractivity contribution in [1.29, 1.82) is 0 Å². The SMILES string of the molecule is [CH]C1CCN(C2CC3CCC2C3)C1. The molecule has 4 atom stereocenters. The molecule has 1 heteroatoms. The van der Waals surface area contributed by atoms with Gasteiger partial charge in [-0.15, -0.1) is 0 Å². The van der Waals surface area contributed by atoms with E-state index in [2.05, 4.69) is 4.90 Å². The zero-order valence-corrected chi connectivity index (χ0v) is 8.28. The molecule has 3 fully saturated rings. The van der Waals surface area contributed by atoms with Crippen LogP contribution in [-0.2, 0) is 0 Å². The van der Waals surface area contributed by atoms with E-state index in [1.165, 1.54) is 45.2 Å². The van der Waals surface area contributed by atoms with E-state index in [1.54, 1.807) is 0 Å². The standard InChI is InChI=1S/C12H19N/c1-9-4-5-13(8-9)12-7-10-2-3-11(12)6-10/h1,9-12H,2-8H2. The van der Waals surface area contributed by atoms with Crippen LogP contribution in [-0.4, -0.2) is 24.0 Å². The fourth-order valence-electron chi connectivity index (χ4n) is 3.78. The Morgan fingerprint density at radius 3 is 2.54 bits per heavy atom. The van der Waals surface area contributed by atoms with Gasteiger partial charge >= 0.3 is 0 Å². The predicted molar refractivity (Wildman–Crippen MR) is 53.2 cm³/mol. The second kappa shape index (κ2) is 2.98. The van der Waals surface area contributed by atoms with E-state index >= 15 is 0 Å². The molecule has 13 heavy (non-hydrogen) atoms. The third-order valence-electron chi connectivity index (χ3n) is 4.43. The van der Waals surface area contributed by atoms with Gasteiger partial charge in [0.25, 0.3) is 0 Å². The van der Waals surface area contributed by atoms with Crippen LogP contribution >= 0.6 is 0 Å². The quantitative estimate of drug-likeness (QED) is 0.593. The molecule has 0 aromatic heterocycles. The highest BCUT2D eigenvalue weighted by Gasteiger charge is 2.43. The van der Waals surface area contributed by atoms with E-state index in [0.717, 1.165) is 17.9 Å². The molecule has 2 bridgehead atoms. The summed E-state index contributed by atoms with van der Waals surface area (Å²) < 4.78 is 0. The summed E-state index contributed by atoms with van der Waals surface area (Å²) in [6.07, 6.45) is 7.25. The first-order chi connectivity index (χ1) is 6.33. The lowest BCUT2D eigenvalue weighted by Gasteiger charge is -2.31. The topological polar surface area (TPSA) is 3.24 Å². The number of fused-ring (bicyclic) bond motifs is 2. The van der Waals surface area contributed by atoms with Crippen molar-refractivity contribution >= 4 is 0 Å². The lowest BCUT2D eigenvalue weighted by molar-refractivity contribution is 0.172. The molecule has 3 aliphatic rings. The maximum absolute atomic E-state index is 5.95. The lowest BCUT2D eigenvalue weighted by Crippen LogP contribution is -2.37. The van der Waals surface area contributed by atoms with Gasteiger partial charge < -0.3 is 0 Å². The van der Waals surface area contributed by atoms with Crippen molar-refractivity contribution in [2.45, 2.75) is 38.1 Å². The first-order valence-corrected chi connectivity index (χ1v) is 5.82.